The molecule has 8 aliphatic rings. The summed E-state index contributed by atoms with van der Waals surface area (Å²) in [5.41, 5.74) is -4.96. The maximum absolute atomic E-state index is 14.8. The van der Waals surface area contributed by atoms with Crippen LogP contribution in [-0.4, -0.2) is 80.4 Å². The zero-order chi connectivity index (χ0) is 28.6. The first-order chi connectivity index (χ1) is 18.6. The van der Waals surface area contributed by atoms with Gasteiger partial charge in [-0.15, -0.1) is 0 Å². The van der Waals surface area contributed by atoms with Crippen LogP contribution in [0.4, 0.5) is 0 Å². The number of hydrogen-bond acceptors (Lipinski definition) is 11. The molecule has 0 radical (unpaired) electrons. The summed E-state index contributed by atoms with van der Waals surface area (Å²) >= 11 is 0. The summed E-state index contributed by atoms with van der Waals surface area (Å²) in [6.07, 6.45) is -2.60. The van der Waals surface area contributed by atoms with Gasteiger partial charge < -0.3 is 33.9 Å². The first-order valence-electron chi connectivity index (χ1n) is 14.6. The van der Waals surface area contributed by atoms with Crippen molar-refractivity contribution < 1.29 is 53.1 Å². The SMILES string of the molecule is CC1C(=O)OC2C1OC13OC4(CCC5(C)C(=O)C(C)C2C51)CC12OC(=O)CC1(O)OC(C)(C)C2CC(O)C4C3=O. The van der Waals surface area contributed by atoms with E-state index >= 15 is 0 Å². The standard InChI is InChI=1S/C29H36O11/c1-11-16-19-18(12(2)23(34)36-19)38-29-20(16)25(5,21(11)32)6-7-26(40-29)10-27-14(8-13(30)17(26)22(29)33)24(3,4)39-28(27,35)9-15(31)37-27/h11-14,16-20,30,35H,6-10H2,1-5H3. The van der Waals surface area contributed by atoms with Gasteiger partial charge in [-0.3, -0.25) is 19.2 Å². The van der Waals surface area contributed by atoms with E-state index in [0.717, 1.165) is 0 Å². The minimum Gasteiger partial charge on any atom is -0.459 e. The van der Waals surface area contributed by atoms with Gasteiger partial charge in [-0.25, -0.2) is 0 Å². The van der Waals surface area contributed by atoms with Crippen LogP contribution in [0, 0.1) is 40.9 Å². The average molecular weight is 561 g/mol. The summed E-state index contributed by atoms with van der Waals surface area (Å²) in [4.78, 5) is 54.2. The van der Waals surface area contributed by atoms with Gasteiger partial charge in [-0.1, -0.05) is 13.8 Å². The van der Waals surface area contributed by atoms with Gasteiger partial charge in [-0.05, 0) is 40.0 Å². The predicted molar refractivity (Wildman–Crippen MR) is 130 cm³/mol. The molecule has 2 N–H and O–H groups in total. The smallest absolute Gasteiger partial charge is 0.312 e. The molecule has 0 aromatic carbocycles. The van der Waals surface area contributed by atoms with Crippen molar-refractivity contribution in [3.8, 4) is 0 Å². The van der Waals surface area contributed by atoms with E-state index < -0.39 is 105 Å². The van der Waals surface area contributed by atoms with Crippen molar-refractivity contribution >= 4 is 23.5 Å². The molecule has 2 aliphatic carbocycles. The first kappa shape index (κ1) is 25.8. The quantitative estimate of drug-likeness (QED) is 0.404. The summed E-state index contributed by atoms with van der Waals surface area (Å²) in [6.45, 7) is 8.91. The molecular formula is C29H36O11. The number of aliphatic hydroxyl groups excluding tert-OH is 1. The number of rotatable bonds is 0. The van der Waals surface area contributed by atoms with Crippen LogP contribution in [0.5, 0.6) is 0 Å². The second-order valence-corrected chi connectivity index (χ2v) is 14.6. The number of esters is 2. The number of ketones is 2. The first-order valence-corrected chi connectivity index (χ1v) is 14.6. The lowest BCUT2D eigenvalue weighted by atomic mass is 9.60. The fourth-order valence-corrected chi connectivity index (χ4v) is 10.9. The van der Waals surface area contributed by atoms with Crippen molar-refractivity contribution in [1.29, 1.82) is 0 Å². The summed E-state index contributed by atoms with van der Waals surface area (Å²) in [7, 11) is 0. The molecule has 2 saturated carbocycles. The number of carbonyl (C=O) groups excluding carboxylic acids is 4. The van der Waals surface area contributed by atoms with E-state index in [1.165, 1.54) is 0 Å². The third kappa shape index (κ3) is 2.51. The minimum atomic E-state index is -1.97. The van der Waals surface area contributed by atoms with Gasteiger partial charge in [0.2, 0.25) is 17.4 Å². The molecule has 8 fully saturated rings. The number of carbonyl (C=O) groups is 4. The van der Waals surface area contributed by atoms with Crippen molar-refractivity contribution in [3.63, 3.8) is 0 Å². The molecule has 0 aromatic heterocycles. The highest BCUT2D eigenvalue weighted by molar-refractivity contribution is 5.97. The van der Waals surface area contributed by atoms with Gasteiger partial charge in [-0.2, -0.15) is 0 Å². The van der Waals surface area contributed by atoms with E-state index in [1.54, 1.807) is 20.8 Å². The van der Waals surface area contributed by atoms with E-state index in [4.69, 9.17) is 23.7 Å². The van der Waals surface area contributed by atoms with Crippen LogP contribution < -0.4 is 0 Å². The number of Topliss-reactive ketones (excluding diaryl/α,β-unsaturated/α-hetero) is 2. The second-order valence-electron chi connectivity index (χ2n) is 14.6. The van der Waals surface area contributed by atoms with Gasteiger partial charge >= 0.3 is 11.9 Å². The van der Waals surface area contributed by atoms with Gasteiger partial charge in [0.15, 0.2) is 5.60 Å². The van der Waals surface area contributed by atoms with Crippen LogP contribution in [0.1, 0.15) is 66.7 Å². The van der Waals surface area contributed by atoms with Crippen molar-refractivity contribution in [2.75, 3.05) is 0 Å². The Bertz CT molecular complexity index is 1290. The number of hydrogen-bond donors (Lipinski definition) is 2. The lowest BCUT2D eigenvalue weighted by Crippen LogP contribution is -2.64. The Morgan fingerprint density at radius 1 is 0.925 bits per heavy atom. The van der Waals surface area contributed by atoms with E-state index in [2.05, 4.69) is 0 Å². The molecular weight excluding hydrogens is 524 g/mol. The Hall–Kier alpha value is -1.92. The van der Waals surface area contributed by atoms with Crippen LogP contribution >= 0.6 is 0 Å². The molecule has 14 unspecified atom stereocenters. The summed E-state index contributed by atoms with van der Waals surface area (Å²) < 4.78 is 31.4. The number of aliphatic hydroxyl groups is 2. The fourth-order valence-electron chi connectivity index (χ4n) is 10.9. The van der Waals surface area contributed by atoms with Gasteiger partial charge in [0, 0.05) is 35.5 Å². The zero-order valence-electron chi connectivity index (χ0n) is 23.3. The molecule has 0 amide bonds. The molecule has 14 atom stereocenters. The fraction of sp³-hybridized carbons (Fsp3) is 0.862. The predicted octanol–water partition coefficient (Wildman–Crippen LogP) is 0.803. The van der Waals surface area contributed by atoms with Gasteiger partial charge in [0.25, 0.3) is 0 Å². The molecule has 6 heterocycles. The average Bonchev–Trinajstić information content (AvgIpc) is 3.41. The summed E-state index contributed by atoms with van der Waals surface area (Å²) in [5.74, 6) is -9.48. The Morgan fingerprint density at radius 3 is 2.38 bits per heavy atom. The molecule has 0 aromatic rings. The third-order valence-corrected chi connectivity index (χ3v) is 12.4. The van der Waals surface area contributed by atoms with E-state index in [9.17, 15) is 29.4 Å². The van der Waals surface area contributed by atoms with Crippen LogP contribution in [0.15, 0.2) is 0 Å². The van der Waals surface area contributed by atoms with Crippen molar-refractivity contribution in [2.45, 2.75) is 113 Å². The molecule has 40 heavy (non-hydrogen) atoms. The molecule has 11 nitrogen and oxygen atoms in total. The molecule has 6 aliphatic heterocycles. The van der Waals surface area contributed by atoms with Gasteiger partial charge in [0.05, 0.1) is 29.1 Å². The Morgan fingerprint density at radius 2 is 1.65 bits per heavy atom. The van der Waals surface area contributed by atoms with E-state index in [0.29, 0.717) is 6.42 Å². The molecule has 6 saturated heterocycles. The lowest BCUT2D eigenvalue weighted by Gasteiger charge is -2.50. The summed E-state index contributed by atoms with van der Waals surface area (Å²) in [6, 6.07) is 0. The Labute approximate surface area is 231 Å². The molecule has 11 heteroatoms. The molecule has 3 spiro atoms. The highest BCUT2D eigenvalue weighted by Crippen LogP contribution is 2.72. The topological polar surface area (TPSA) is 155 Å². The highest BCUT2D eigenvalue weighted by Gasteiger charge is 2.85. The molecule has 218 valence electrons. The largest absolute Gasteiger partial charge is 0.459 e. The van der Waals surface area contributed by atoms with Crippen LogP contribution in [0.3, 0.4) is 0 Å². The molecule has 8 rings (SSSR count). The monoisotopic (exact) mass is 560 g/mol. The van der Waals surface area contributed by atoms with E-state index in [1.807, 2.05) is 13.8 Å². The third-order valence-electron chi connectivity index (χ3n) is 12.4. The lowest BCUT2D eigenvalue weighted by molar-refractivity contribution is -0.335. The maximum Gasteiger partial charge on any atom is 0.312 e. The van der Waals surface area contributed by atoms with Crippen molar-refractivity contribution in [2.24, 2.45) is 40.9 Å². The van der Waals surface area contributed by atoms with E-state index in [-0.39, 0.29) is 31.5 Å². The highest BCUT2D eigenvalue weighted by atomic mass is 16.7. The Balaban J connectivity index is 1.33. The zero-order valence-corrected chi connectivity index (χ0v) is 23.3. The van der Waals surface area contributed by atoms with Crippen molar-refractivity contribution in [1.82, 2.24) is 0 Å². The number of ether oxygens (including phenoxy) is 5. The summed E-state index contributed by atoms with van der Waals surface area (Å²) in [5, 5.41) is 23.6. The maximum atomic E-state index is 14.8. The van der Waals surface area contributed by atoms with Crippen LogP contribution in [0.2, 0.25) is 0 Å². The van der Waals surface area contributed by atoms with Gasteiger partial charge in [0.1, 0.15) is 24.4 Å². The van der Waals surface area contributed by atoms with Crippen LogP contribution in [-0.2, 0) is 42.9 Å². The minimum absolute atomic E-state index is 0.0297. The van der Waals surface area contributed by atoms with Crippen molar-refractivity contribution in [3.05, 3.63) is 0 Å². The normalized spacial score (nSPS) is 60.6. The number of fused-ring (bicyclic) bond motifs is 2. The van der Waals surface area contributed by atoms with Crippen LogP contribution in [0.25, 0.3) is 0 Å². The second kappa shape index (κ2) is 6.99. The molecule has 2 bridgehead atoms. The Kier molecular flexibility index (Phi) is 4.50.